The average molecular weight is 239 g/mol. The Hall–Kier alpha value is -1.16. The monoisotopic (exact) mass is 239 g/mol. The summed E-state index contributed by atoms with van der Waals surface area (Å²) in [7, 11) is 0. The summed E-state index contributed by atoms with van der Waals surface area (Å²) in [4.78, 5) is 12.0. The van der Waals surface area contributed by atoms with Crippen LogP contribution in [0, 0.1) is 6.92 Å². The topological polar surface area (TPSA) is 63.3 Å². The number of thioether (sulfide) groups is 1. The number of benzene rings is 1. The predicted octanol–water partition coefficient (Wildman–Crippen LogP) is 2.92. The fraction of sp³-hybridized carbons (Fsp3) is 0.417. The van der Waals surface area contributed by atoms with Gasteiger partial charge in [0.25, 0.3) is 0 Å². The van der Waals surface area contributed by atoms with E-state index in [1.807, 2.05) is 32.0 Å². The minimum absolute atomic E-state index is 0.384. The largest absolute Gasteiger partial charge is 0.480 e. The van der Waals surface area contributed by atoms with Crippen molar-refractivity contribution in [1.29, 1.82) is 0 Å². The van der Waals surface area contributed by atoms with Crippen molar-refractivity contribution >= 4 is 23.4 Å². The number of rotatable bonds is 5. The zero-order chi connectivity index (χ0) is 12.1. The number of carbonyl (C=O) groups is 1. The van der Waals surface area contributed by atoms with Crippen LogP contribution in [-0.4, -0.2) is 16.3 Å². The summed E-state index contributed by atoms with van der Waals surface area (Å²) in [6, 6.07) is 5.59. The Bertz CT molecular complexity index is 379. The molecule has 0 saturated carbocycles. The highest BCUT2D eigenvalue weighted by atomic mass is 32.2. The molecule has 0 aliphatic carbocycles. The van der Waals surface area contributed by atoms with Gasteiger partial charge in [0.05, 0.1) is 0 Å². The van der Waals surface area contributed by atoms with Crippen LogP contribution in [0.2, 0.25) is 0 Å². The van der Waals surface area contributed by atoms with E-state index in [9.17, 15) is 4.79 Å². The molecule has 16 heavy (non-hydrogen) atoms. The number of nitrogens with two attached hydrogens (primary N) is 1. The quantitative estimate of drug-likeness (QED) is 0.612. The molecule has 0 spiro atoms. The molecule has 1 aromatic rings. The van der Waals surface area contributed by atoms with Gasteiger partial charge in [-0.1, -0.05) is 19.4 Å². The van der Waals surface area contributed by atoms with Crippen molar-refractivity contribution in [2.45, 2.75) is 36.8 Å². The molecule has 0 saturated heterocycles. The van der Waals surface area contributed by atoms with E-state index < -0.39 is 5.97 Å². The van der Waals surface area contributed by atoms with Crippen LogP contribution in [0.4, 0.5) is 5.69 Å². The van der Waals surface area contributed by atoms with E-state index in [-0.39, 0.29) is 5.25 Å². The summed E-state index contributed by atoms with van der Waals surface area (Å²) < 4.78 is 0. The molecule has 1 unspecified atom stereocenters. The first-order valence-electron chi connectivity index (χ1n) is 5.30. The van der Waals surface area contributed by atoms with Gasteiger partial charge in [-0.25, -0.2) is 0 Å². The molecule has 0 radical (unpaired) electrons. The van der Waals surface area contributed by atoms with E-state index in [1.54, 1.807) is 0 Å². The van der Waals surface area contributed by atoms with E-state index >= 15 is 0 Å². The van der Waals surface area contributed by atoms with E-state index in [1.165, 1.54) is 11.8 Å². The lowest BCUT2D eigenvalue weighted by molar-refractivity contribution is -0.136. The smallest absolute Gasteiger partial charge is 0.316 e. The molecule has 3 N–H and O–H groups in total. The lowest BCUT2D eigenvalue weighted by Gasteiger charge is -2.13. The molecule has 0 amide bonds. The number of carboxylic acid groups (broad SMARTS) is 1. The molecule has 4 heteroatoms. The van der Waals surface area contributed by atoms with Gasteiger partial charge in [0.1, 0.15) is 5.25 Å². The van der Waals surface area contributed by atoms with Crippen LogP contribution in [0.5, 0.6) is 0 Å². The first kappa shape index (κ1) is 12.9. The van der Waals surface area contributed by atoms with Gasteiger partial charge < -0.3 is 10.8 Å². The summed E-state index contributed by atoms with van der Waals surface area (Å²) in [5, 5.41) is 8.69. The molecule has 1 rings (SSSR count). The molecular formula is C12H17NO2S. The van der Waals surface area contributed by atoms with Crippen molar-refractivity contribution in [1.82, 2.24) is 0 Å². The van der Waals surface area contributed by atoms with Crippen molar-refractivity contribution in [2.75, 3.05) is 5.73 Å². The second kappa shape index (κ2) is 5.80. The summed E-state index contributed by atoms with van der Waals surface area (Å²) in [5.41, 5.74) is 7.44. The Morgan fingerprint density at radius 1 is 1.56 bits per heavy atom. The number of hydrogen-bond donors (Lipinski definition) is 2. The highest BCUT2D eigenvalue weighted by Gasteiger charge is 2.18. The number of anilines is 1. The van der Waals surface area contributed by atoms with Crippen molar-refractivity contribution < 1.29 is 9.90 Å². The van der Waals surface area contributed by atoms with Gasteiger partial charge in [-0.2, -0.15) is 0 Å². The number of aliphatic carboxylic acids is 1. The molecule has 0 aliphatic rings. The molecule has 3 nitrogen and oxygen atoms in total. The van der Waals surface area contributed by atoms with Gasteiger partial charge in [0.15, 0.2) is 0 Å². The lowest BCUT2D eigenvalue weighted by atomic mass is 10.2. The minimum Gasteiger partial charge on any atom is -0.480 e. The Morgan fingerprint density at radius 2 is 2.25 bits per heavy atom. The van der Waals surface area contributed by atoms with E-state index in [0.29, 0.717) is 12.1 Å². The number of hydrogen-bond acceptors (Lipinski definition) is 3. The van der Waals surface area contributed by atoms with Gasteiger partial charge in [-0.15, -0.1) is 11.8 Å². The Labute approximate surface area is 100 Å². The summed E-state index contributed by atoms with van der Waals surface area (Å²) in [5.74, 6) is -0.756. The fourth-order valence-electron chi connectivity index (χ4n) is 1.39. The summed E-state index contributed by atoms with van der Waals surface area (Å²) in [6.07, 6.45) is 1.54. The SMILES string of the molecule is CCCC(Sc1cc(N)ccc1C)C(=O)O. The zero-order valence-corrected chi connectivity index (χ0v) is 10.4. The standard InChI is InChI=1S/C12H17NO2S/c1-3-4-10(12(14)15)16-11-7-9(13)6-5-8(11)2/h5-7,10H,3-4,13H2,1-2H3,(H,14,15). The zero-order valence-electron chi connectivity index (χ0n) is 9.56. The molecule has 1 aromatic carbocycles. The fourth-order valence-corrected chi connectivity index (χ4v) is 2.61. The number of aryl methyl sites for hydroxylation is 1. The van der Waals surface area contributed by atoms with Crippen LogP contribution in [0.15, 0.2) is 23.1 Å². The third kappa shape index (κ3) is 3.45. The molecule has 0 bridgehead atoms. The maximum Gasteiger partial charge on any atom is 0.316 e. The maximum atomic E-state index is 11.0. The van der Waals surface area contributed by atoms with Crippen molar-refractivity contribution in [3.8, 4) is 0 Å². The molecule has 1 atom stereocenters. The van der Waals surface area contributed by atoms with Gasteiger partial charge in [-0.3, -0.25) is 4.79 Å². The number of nitrogen functional groups attached to an aromatic ring is 1. The van der Waals surface area contributed by atoms with E-state index in [0.717, 1.165) is 16.9 Å². The molecule has 0 heterocycles. The normalized spacial score (nSPS) is 12.4. The Morgan fingerprint density at radius 3 is 2.81 bits per heavy atom. The van der Waals surface area contributed by atoms with Gasteiger partial charge in [0, 0.05) is 10.6 Å². The molecule has 88 valence electrons. The second-order valence-corrected chi connectivity index (χ2v) is 5.00. The molecule has 0 aliphatic heterocycles. The second-order valence-electron chi connectivity index (χ2n) is 3.76. The third-order valence-electron chi connectivity index (χ3n) is 2.31. The van der Waals surface area contributed by atoms with Crippen molar-refractivity contribution in [3.05, 3.63) is 23.8 Å². The molecular weight excluding hydrogens is 222 g/mol. The van der Waals surface area contributed by atoms with Crippen molar-refractivity contribution in [2.24, 2.45) is 0 Å². The molecule has 0 fully saturated rings. The number of carboxylic acids is 1. The highest BCUT2D eigenvalue weighted by Crippen LogP contribution is 2.30. The van der Waals surface area contributed by atoms with Crippen LogP contribution >= 0.6 is 11.8 Å². The minimum atomic E-state index is -0.756. The van der Waals surface area contributed by atoms with Crippen LogP contribution < -0.4 is 5.73 Å². The van der Waals surface area contributed by atoms with E-state index in [2.05, 4.69) is 0 Å². The van der Waals surface area contributed by atoms with Crippen LogP contribution in [0.3, 0.4) is 0 Å². The summed E-state index contributed by atoms with van der Waals surface area (Å²) in [6.45, 7) is 3.95. The Balaban J connectivity index is 2.84. The highest BCUT2D eigenvalue weighted by molar-refractivity contribution is 8.00. The van der Waals surface area contributed by atoms with Crippen LogP contribution in [0.25, 0.3) is 0 Å². The maximum absolute atomic E-state index is 11.0. The first-order chi connectivity index (χ1) is 7.54. The van der Waals surface area contributed by atoms with E-state index in [4.69, 9.17) is 10.8 Å². The predicted molar refractivity (Wildman–Crippen MR) is 67.8 cm³/mol. The van der Waals surface area contributed by atoms with Crippen LogP contribution in [0.1, 0.15) is 25.3 Å². The van der Waals surface area contributed by atoms with Gasteiger partial charge >= 0.3 is 5.97 Å². The average Bonchev–Trinajstić information content (AvgIpc) is 2.22. The summed E-state index contributed by atoms with van der Waals surface area (Å²) >= 11 is 1.38. The van der Waals surface area contributed by atoms with Crippen LogP contribution in [-0.2, 0) is 4.79 Å². The van der Waals surface area contributed by atoms with Gasteiger partial charge in [-0.05, 0) is 31.0 Å². The van der Waals surface area contributed by atoms with Crippen molar-refractivity contribution in [3.63, 3.8) is 0 Å². The van der Waals surface area contributed by atoms with Gasteiger partial charge in [0.2, 0.25) is 0 Å². The lowest BCUT2D eigenvalue weighted by Crippen LogP contribution is -2.15. The Kier molecular flexibility index (Phi) is 4.68. The molecule has 0 aromatic heterocycles. The third-order valence-corrected chi connectivity index (χ3v) is 3.72. The first-order valence-corrected chi connectivity index (χ1v) is 6.18.